The Kier molecular flexibility index (Phi) is 9.55. The SMILES string of the molecule is NC(N)=NCCC[C@H](NC(=O)C1(C(=O)NCCc2cccnc2)CCCC1)O[B]O. The predicted octanol–water partition coefficient (Wildman–Crippen LogP) is -0.660. The summed E-state index contributed by atoms with van der Waals surface area (Å²) >= 11 is 0. The van der Waals surface area contributed by atoms with Crippen LogP contribution in [0.3, 0.4) is 0 Å². The first-order valence-electron chi connectivity index (χ1n) is 10.1. The maximum absolute atomic E-state index is 13.0. The fraction of sp³-hybridized carbons (Fsp3) is 0.579. The fourth-order valence-electron chi connectivity index (χ4n) is 3.59. The van der Waals surface area contributed by atoms with Gasteiger partial charge in [0.2, 0.25) is 11.8 Å². The van der Waals surface area contributed by atoms with Crippen LogP contribution in [0.5, 0.6) is 0 Å². The van der Waals surface area contributed by atoms with Gasteiger partial charge < -0.3 is 31.8 Å². The van der Waals surface area contributed by atoms with Crippen LogP contribution in [0, 0.1) is 5.41 Å². The number of carbonyl (C=O) groups is 2. The number of carbonyl (C=O) groups excluding carboxylic acids is 2. The van der Waals surface area contributed by atoms with Crippen molar-refractivity contribution in [3.8, 4) is 0 Å². The average Bonchev–Trinajstić information content (AvgIpc) is 3.23. The molecule has 1 heterocycles. The number of hydrogen-bond acceptors (Lipinski definition) is 6. The van der Waals surface area contributed by atoms with Gasteiger partial charge in [-0.3, -0.25) is 19.6 Å². The van der Waals surface area contributed by atoms with E-state index in [4.69, 9.17) is 21.1 Å². The molecule has 1 aromatic rings. The molecule has 10 nitrogen and oxygen atoms in total. The summed E-state index contributed by atoms with van der Waals surface area (Å²) in [6, 6.07) is 3.78. The predicted molar refractivity (Wildman–Crippen MR) is 113 cm³/mol. The van der Waals surface area contributed by atoms with Crippen LogP contribution >= 0.6 is 0 Å². The summed E-state index contributed by atoms with van der Waals surface area (Å²) in [6.45, 7) is 0.784. The van der Waals surface area contributed by atoms with Crippen molar-refractivity contribution in [1.82, 2.24) is 15.6 Å². The molecule has 0 spiro atoms. The Morgan fingerprint density at radius 3 is 2.73 bits per heavy atom. The molecule has 1 aliphatic carbocycles. The van der Waals surface area contributed by atoms with Crippen LogP contribution in [-0.2, 0) is 20.7 Å². The maximum atomic E-state index is 13.0. The second-order valence-corrected chi connectivity index (χ2v) is 7.31. The van der Waals surface area contributed by atoms with Gasteiger partial charge in [0.1, 0.15) is 11.6 Å². The lowest BCUT2D eigenvalue weighted by Gasteiger charge is -2.29. The number of rotatable bonds is 12. The second kappa shape index (κ2) is 12.1. The summed E-state index contributed by atoms with van der Waals surface area (Å²) < 4.78 is 5.09. The molecule has 1 aliphatic rings. The molecular weight excluding hydrogens is 387 g/mol. The first-order valence-corrected chi connectivity index (χ1v) is 10.1. The van der Waals surface area contributed by atoms with Gasteiger partial charge in [-0.15, -0.1) is 0 Å². The van der Waals surface area contributed by atoms with E-state index in [0.717, 1.165) is 18.4 Å². The van der Waals surface area contributed by atoms with Gasteiger partial charge in [-0.25, -0.2) is 0 Å². The van der Waals surface area contributed by atoms with Crippen LogP contribution in [0.25, 0.3) is 0 Å². The Balaban J connectivity index is 1.93. The van der Waals surface area contributed by atoms with Gasteiger partial charge in [0.25, 0.3) is 0 Å². The van der Waals surface area contributed by atoms with E-state index >= 15 is 0 Å². The van der Waals surface area contributed by atoms with E-state index in [1.54, 1.807) is 12.4 Å². The normalized spacial score (nSPS) is 15.8. The molecule has 11 heteroatoms. The molecule has 0 aliphatic heterocycles. The third kappa shape index (κ3) is 6.99. The number of hydrogen-bond donors (Lipinski definition) is 5. The Morgan fingerprint density at radius 2 is 2.10 bits per heavy atom. The van der Waals surface area contributed by atoms with E-state index in [9.17, 15) is 9.59 Å². The molecule has 0 unspecified atom stereocenters. The Bertz CT molecular complexity index is 708. The second-order valence-electron chi connectivity index (χ2n) is 7.31. The molecule has 7 N–H and O–H groups in total. The number of aromatic nitrogens is 1. The minimum atomic E-state index is -1.13. The Labute approximate surface area is 177 Å². The molecule has 2 rings (SSSR count). The van der Waals surface area contributed by atoms with Crippen molar-refractivity contribution in [1.29, 1.82) is 0 Å². The van der Waals surface area contributed by atoms with Gasteiger partial charge >= 0.3 is 7.69 Å². The van der Waals surface area contributed by atoms with Crippen molar-refractivity contribution >= 4 is 25.5 Å². The van der Waals surface area contributed by atoms with Crippen LogP contribution in [-0.4, -0.2) is 54.8 Å². The van der Waals surface area contributed by atoms with Gasteiger partial charge in [-0.1, -0.05) is 18.9 Å². The molecule has 1 atom stereocenters. The van der Waals surface area contributed by atoms with E-state index in [2.05, 4.69) is 20.6 Å². The smallest absolute Gasteiger partial charge is 0.429 e. The maximum Gasteiger partial charge on any atom is 0.486 e. The summed E-state index contributed by atoms with van der Waals surface area (Å²) in [4.78, 5) is 33.9. The molecule has 30 heavy (non-hydrogen) atoms. The quantitative estimate of drug-likeness (QED) is 0.0752. The molecule has 0 saturated heterocycles. The molecular formula is C19H30BN6O4. The number of nitrogens with zero attached hydrogens (tertiary/aromatic N) is 2. The average molecular weight is 417 g/mol. The van der Waals surface area contributed by atoms with Crippen LogP contribution in [0.15, 0.2) is 29.5 Å². The highest BCUT2D eigenvalue weighted by Gasteiger charge is 2.48. The third-order valence-electron chi connectivity index (χ3n) is 5.18. The first-order chi connectivity index (χ1) is 14.5. The third-order valence-corrected chi connectivity index (χ3v) is 5.18. The molecule has 1 radical (unpaired) electrons. The van der Waals surface area contributed by atoms with Crippen molar-refractivity contribution in [3.05, 3.63) is 30.1 Å². The number of nitrogens with one attached hydrogen (secondary N) is 2. The zero-order valence-electron chi connectivity index (χ0n) is 17.0. The summed E-state index contributed by atoms with van der Waals surface area (Å²) in [6.07, 6.45) is 6.74. The molecule has 1 aromatic heterocycles. The highest BCUT2D eigenvalue weighted by molar-refractivity contribution is 6.16. The van der Waals surface area contributed by atoms with Crippen molar-refractivity contribution in [2.75, 3.05) is 13.1 Å². The van der Waals surface area contributed by atoms with E-state index < -0.39 is 17.6 Å². The number of guanidine groups is 1. The Morgan fingerprint density at radius 1 is 1.33 bits per heavy atom. The van der Waals surface area contributed by atoms with Crippen molar-refractivity contribution in [2.45, 2.75) is 51.2 Å². The summed E-state index contributed by atoms with van der Waals surface area (Å²) in [7, 11) is 0.529. The van der Waals surface area contributed by atoms with Gasteiger partial charge in [0.05, 0.1) is 0 Å². The minimum absolute atomic E-state index is 0.0157. The number of pyridine rings is 1. The van der Waals surface area contributed by atoms with Crippen molar-refractivity contribution in [3.63, 3.8) is 0 Å². The molecule has 0 bridgehead atoms. The number of aliphatic imine (C=N–C) groups is 1. The molecule has 2 amide bonds. The van der Waals surface area contributed by atoms with Gasteiger partial charge in [-0.05, 0) is 43.7 Å². The largest absolute Gasteiger partial charge is 0.486 e. The Hall–Kier alpha value is -2.66. The van der Waals surface area contributed by atoms with Crippen LogP contribution in [0.2, 0.25) is 0 Å². The summed E-state index contributed by atoms with van der Waals surface area (Å²) in [5, 5.41) is 14.6. The molecule has 1 fully saturated rings. The highest BCUT2D eigenvalue weighted by Crippen LogP contribution is 2.38. The topological polar surface area (TPSA) is 165 Å². The van der Waals surface area contributed by atoms with Crippen LogP contribution in [0.4, 0.5) is 0 Å². The summed E-state index contributed by atoms with van der Waals surface area (Å²) in [5.74, 6) is -0.695. The zero-order chi connectivity index (χ0) is 21.8. The van der Waals surface area contributed by atoms with Crippen molar-refractivity contribution in [2.24, 2.45) is 21.9 Å². The lowest BCUT2D eigenvalue weighted by molar-refractivity contribution is -0.145. The van der Waals surface area contributed by atoms with Crippen LogP contribution < -0.4 is 22.1 Å². The summed E-state index contributed by atoms with van der Waals surface area (Å²) in [5.41, 5.74) is 10.5. The van der Waals surface area contributed by atoms with Gasteiger partial charge in [-0.2, -0.15) is 0 Å². The standard InChI is InChI=1S/C19H30BN6O4/c21-18(22)25-11-4-6-15(30-20-29)26-17(28)19(8-1-2-9-19)16(27)24-12-7-14-5-3-10-23-13-14/h3,5,10,13,15,29H,1-2,4,6-9,11-12H2,(H,24,27)(H,26,28)(H4,21,22,25)/t15-/m1/s1. The fourth-order valence-corrected chi connectivity index (χ4v) is 3.59. The molecule has 1 saturated carbocycles. The highest BCUT2D eigenvalue weighted by atomic mass is 16.5. The lowest BCUT2D eigenvalue weighted by atomic mass is 9.83. The number of nitrogens with two attached hydrogens (primary N) is 2. The first kappa shape index (κ1) is 23.6. The van der Waals surface area contributed by atoms with Gasteiger partial charge in [0.15, 0.2) is 5.96 Å². The van der Waals surface area contributed by atoms with Crippen molar-refractivity contribution < 1.29 is 19.3 Å². The van der Waals surface area contributed by atoms with E-state index in [0.29, 0.717) is 52.9 Å². The van der Waals surface area contributed by atoms with E-state index in [1.807, 2.05) is 12.1 Å². The minimum Gasteiger partial charge on any atom is -0.429 e. The lowest BCUT2D eigenvalue weighted by Crippen LogP contribution is -2.53. The zero-order valence-corrected chi connectivity index (χ0v) is 17.0. The van der Waals surface area contributed by atoms with Crippen LogP contribution in [0.1, 0.15) is 44.1 Å². The van der Waals surface area contributed by atoms with E-state index in [1.165, 1.54) is 0 Å². The molecule has 163 valence electrons. The molecule has 0 aromatic carbocycles. The monoisotopic (exact) mass is 417 g/mol. The van der Waals surface area contributed by atoms with Gasteiger partial charge in [0, 0.05) is 25.5 Å². The number of amides is 2. The van der Waals surface area contributed by atoms with E-state index in [-0.39, 0.29) is 11.9 Å².